The van der Waals surface area contributed by atoms with Gasteiger partial charge in [0.15, 0.2) is 0 Å². The lowest BCUT2D eigenvalue weighted by atomic mass is 10.1. The van der Waals surface area contributed by atoms with Crippen LogP contribution < -0.4 is 14.5 Å². The molecule has 3 aromatic carbocycles. The van der Waals surface area contributed by atoms with Crippen LogP contribution in [0.2, 0.25) is 0 Å². The van der Waals surface area contributed by atoms with Crippen LogP contribution in [0.1, 0.15) is 33.2 Å². The summed E-state index contributed by atoms with van der Waals surface area (Å²) >= 11 is 1.25. The zero-order valence-corrected chi connectivity index (χ0v) is 20.9. The van der Waals surface area contributed by atoms with Gasteiger partial charge in [0, 0.05) is 0 Å². The molecule has 0 aliphatic carbocycles. The van der Waals surface area contributed by atoms with Crippen LogP contribution in [0.3, 0.4) is 0 Å². The molecule has 0 saturated carbocycles. The number of carbonyl (C=O) groups excluding carboxylic acids is 3. The highest BCUT2D eigenvalue weighted by atomic mass is 32.1. The third-order valence-electron chi connectivity index (χ3n) is 5.69. The number of fused-ring (bicyclic) bond motifs is 2. The fraction of sp³-hybridized carbons (Fsp3) is 0.148. The summed E-state index contributed by atoms with van der Waals surface area (Å²) in [5, 5.41) is 5.82. The zero-order valence-electron chi connectivity index (χ0n) is 20.1. The van der Waals surface area contributed by atoms with Crippen molar-refractivity contribution in [1.29, 1.82) is 0 Å². The maximum Gasteiger partial charge on any atom is 0.269 e. The van der Waals surface area contributed by atoms with Crippen molar-refractivity contribution in [1.82, 2.24) is 9.88 Å². The Morgan fingerprint density at radius 1 is 1.03 bits per heavy atom. The van der Waals surface area contributed by atoms with Crippen molar-refractivity contribution in [3.63, 3.8) is 0 Å². The van der Waals surface area contributed by atoms with Gasteiger partial charge in [-0.1, -0.05) is 23.5 Å². The van der Waals surface area contributed by atoms with E-state index in [0.717, 1.165) is 25.9 Å². The molecule has 10 heteroatoms. The first-order valence-corrected chi connectivity index (χ1v) is 12.3. The second-order valence-electron chi connectivity index (χ2n) is 8.02. The third-order valence-corrected chi connectivity index (χ3v) is 6.68. The van der Waals surface area contributed by atoms with Gasteiger partial charge in [-0.2, -0.15) is 10.1 Å². The Kier molecular flexibility index (Phi) is 6.65. The van der Waals surface area contributed by atoms with E-state index < -0.39 is 24.3 Å². The molecule has 0 fully saturated rings. The molecular weight excluding hydrogens is 492 g/mol. The minimum atomic E-state index is -0.581. The minimum absolute atomic E-state index is 0.275. The third kappa shape index (κ3) is 4.78. The first kappa shape index (κ1) is 24.1. The fourth-order valence-electron chi connectivity index (χ4n) is 3.86. The second kappa shape index (κ2) is 10.2. The Morgan fingerprint density at radius 2 is 1.70 bits per heavy atom. The van der Waals surface area contributed by atoms with E-state index in [-0.39, 0.29) is 11.1 Å². The van der Waals surface area contributed by atoms with E-state index in [1.165, 1.54) is 17.6 Å². The Morgan fingerprint density at radius 3 is 2.35 bits per heavy atom. The van der Waals surface area contributed by atoms with E-state index in [1.54, 1.807) is 55.6 Å². The molecule has 1 aromatic heterocycles. The number of hydrogen-bond acceptors (Lipinski definition) is 8. The summed E-state index contributed by atoms with van der Waals surface area (Å²) in [5.41, 5.74) is 1.94. The number of hydrazone groups is 1. The summed E-state index contributed by atoms with van der Waals surface area (Å²) in [6.45, 7) is 1.98. The van der Waals surface area contributed by atoms with Crippen molar-refractivity contribution in [3.05, 3.63) is 83.4 Å². The lowest BCUT2D eigenvalue weighted by Gasteiger charge is -2.18. The number of hydrogen-bond donors (Lipinski definition) is 0. The van der Waals surface area contributed by atoms with Gasteiger partial charge in [-0.25, -0.2) is 4.98 Å². The predicted molar refractivity (Wildman–Crippen MR) is 141 cm³/mol. The van der Waals surface area contributed by atoms with E-state index in [0.29, 0.717) is 23.0 Å². The molecule has 0 radical (unpaired) electrons. The molecule has 1 aliphatic rings. The molecule has 5 rings (SSSR count). The van der Waals surface area contributed by atoms with Gasteiger partial charge in [-0.15, -0.1) is 0 Å². The van der Waals surface area contributed by atoms with Gasteiger partial charge in [0.25, 0.3) is 17.7 Å². The average molecular weight is 515 g/mol. The minimum Gasteiger partial charge on any atom is -0.497 e. The van der Waals surface area contributed by atoms with E-state index in [9.17, 15) is 14.4 Å². The van der Waals surface area contributed by atoms with Crippen LogP contribution in [-0.2, 0) is 4.79 Å². The molecule has 1 aliphatic heterocycles. The van der Waals surface area contributed by atoms with Crippen molar-refractivity contribution in [2.45, 2.75) is 6.92 Å². The molecule has 2 heterocycles. The monoisotopic (exact) mass is 514 g/mol. The number of rotatable bonds is 8. The number of aromatic nitrogens is 1. The van der Waals surface area contributed by atoms with Gasteiger partial charge in [0.1, 0.15) is 18.0 Å². The fourth-order valence-corrected chi connectivity index (χ4v) is 4.83. The lowest BCUT2D eigenvalue weighted by molar-refractivity contribution is -0.118. The molecule has 0 N–H and O–H groups in total. The molecule has 0 unspecified atom stereocenters. The van der Waals surface area contributed by atoms with Crippen LogP contribution in [0.25, 0.3) is 10.2 Å². The first-order valence-electron chi connectivity index (χ1n) is 11.5. The second-order valence-corrected chi connectivity index (χ2v) is 9.03. The molecule has 0 saturated heterocycles. The molecular formula is C27H22N4O5S. The molecule has 37 heavy (non-hydrogen) atoms. The average Bonchev–Trinajstić information content (AvgIpc) is 3.44. The number of amides is 3. The number of thiazole rings is 1. The summed E-state index contributed by atoms with van der Waals surface area (Å²) in [7, 11) is 1.57. The van der Waals surface area contributed by atoms with E-state index in [1.807, 2.05) is 25.1 Å². The van der Waals surface area contributed by atoms with Gasteiger partial charge < -0.3 is 9.47 Å². The zero-order chi connectivity index (χ0) is 25.9. The number of nitrogens with zero attached hydrogens (tertiary/aromatic N) is 4. The number of methoxy groups -OCH3 is 1. The van der Waals surface area contributed by atoms with E-state index in [2.05, 4.69) is 10.1 Å². The van der Waals surface area contributed by atoms with Crippen molar-refractivity contribution in [3.8, 4) is 11.5 Å². The van der Waals surface area contributed by atoms with Crippen LogP contribution in [0, 0.1) is 0 Å². The molecule has 4 aromatic rings. The van der Waals surface area contributed by atoms with Gasteiger partial charge >= 0.3 is 0 Å². The standard InChI is InChI=1S/C27H22N4O5S/c1-3-36-18-10-8-17(9-11-18)15-28-31(27-29-22-13-12-19(35-2)14-23(22)37-27)24(32)16-30-25(33)20-6-4-5-7-21(20)26(30)34/h4-15H,3,16H2,1-2H3/b28-15+. The Hall–Kier alpha value is -4.57. The van der Waals surface area contributed by atoms with E-state index in [4.69, 9.17) is 9.47 Å². The summed E-state index contributed by atoms with van der Waals surface area (Å²) in [4.78, 5) is 44.7. The summed E-state index contributed by atoms with van der Waals surface area (Å²) in [6.07, 6.45) is 1.52. The first-order chi connectivity index (χ1) is 18.0. The van der Waals surface area contributed by atoms with Crippen LogP contribution >= 0.6 is 11.3 Å². The number of ether oxygens (including phenoxy) is 2. The lowest BCUT2D eigenvalue weighted by Crippen LogP contribution is -2.41. The van der Waals surface area contributed by atoms with Crippen molar-refractivity contribution in [2.75, 3.05) is 25.3 Å². The number of benzene rings is 3. The number of carbonyl (C=O) groups is 3. The highest BCUT2D eigenvalue weighted by Crippen LogP contribution is 2.32. The summed E-state index contributed by atoms with van der Waals surface area (Å²) < 4.78 is 11.6. The molecule has 9 nitrogen and oxygen atoms in total. The van der Waals surface area contributed by atoms with Crippen LogP contribution in [0.4, 0.5) is 5.13 Å². The Balaban J connectivity index is 1.46. The molecule has 3 amide bonds. The Labute approximate surface area is 216 Å². The Bertz CT molecular complexity index is 1490. The van der Waals surface area contributed by atoms with Crippen molar-refractivity contribution in [2.24, 2.45) is 5.10 Å². The summed E-state index contributed by atoms with van der Waals surface area (Å²) in [6, 6.07) is 19.1. The maximum atomic E-state index is 13.5. The van der Waals surface area contributed by atoms with E-state index >= 15 is 0 Å². The predicted octanol–water partition coefficient (Wildman–Crippen LogP) is 4.37. The van der Waals surface area contributed by atoms with Gasteiger partial charge in [-0.05, 0) is 67.1 Å². The smallest absolute Gasteiger partial charge is 0.269 e. The van der Waals surface area contributed by atoms with Crippen molar-refractivity contribution >= 4 is 50.6 Å². The van der Waals surface area contributed by atoms with Gasteiger partial charge in [0.2, 0.25) is 5.13 Å². The SMILES string of the molecule is CCOc1ccc(/C=N/N(C(=O)CN2C(=O)c3ccccc3C2=O)c2nc3ccc(OC)cc3s2)cc1. The van der Waals surface area contributed by atoms with Crippen LogP contribution in [0.5, 0.6) is 11.5 Å². The maximum absolute atomic E-state index is 13.5. The largest absolute Gasteiger partial charge is 0.497 e. The molecule has 0 bridgehead atoms. The van der Waals surface area contributed by atoms with Gasteiger partial charge in [-0.3, -0.25) is 19.3 Å². The molecule has 0 spiro atoms. The molecule has 0 atom stereocenters. The summed E-state index contributed by atoms with van der Waals surface area (Å²) in [5.74, 6) is -0.234. The molecule has 186 valence electrons. The highest BCUT2D eigenvalue weighted by Gasteiger charge is 2.37. The topological polar surface area (TPSA) is 101 Å². The van der Waals surface area contributed by atoms with Gasteiger partial charge in [0.05, 0.1) is 41.3 Å². The van der Waals surface area contributed by atoms with Crippen LogP contribution in [-0.4, -0.2) is 54.1 Å². The quantitative estimate of drug-likeness (QED) is 0.197. The number of anilines is 1. The normalized spacial score (nSPS) is 12.9. The van der Waals surface area contributed by atoms with Crippen molar-refractivity contribution < 1.29 is 23.9 Å². The highest BCUT2D eigenvalue weighted by molar-refractivity contribution is 7.22. The number of imide groups is 1. The van der Waals surface area contributed by atoms with Crippen LogP contribution in [0.15, 0.2) is 71.8 Å².